The van der Waals surface area contributed by atoms with Crippen molar-refractivity contribution in [1.82, 2.24) is 4.90 Å². The van der Waals surface area contributed by atoms with Crippen molar-refractivity contribution in [1.29, 1.82) is 0 Å². The van der Waals surface area contributed by atoms with Gasteiger partial charge in [-0.2, -0.15) is 0 Å². The first-order chi connectivity index (χ1) is 17.1. The van der Waals surface area contributed by atoms with E-state index < -0.39 is 45.9 Å². The van der Waals surface area contributed by atoms with Crippen LogP contribution in [0.25, 0.3) is 0 Å². The molecule has 7 rings (SSSR count). The van der Waals surface area contributed by atoms with E-state index in [1.54, 1.807) is 0 Å². The summed E-state index contributed by atoms with van der Waals surface area (Å²) in [6, 6.07) is 18.7. The predicted molar refractivity (Wildman–Crippen MR) is 142 cm³/mol. The Hall–Kier alpha value is -2.67. The number of carbonyl (C=O) groups excluding carboxylic acids is 3. The third-order valence-electron chi connectivity index (χ3n) is 7.76. The second-order valence-corrected chi connectivity index (χ2v) is 11.7. The van der Waals surface area contributed by atoms with E-state index in [0.717, 1.165) is 42.8 Å². The van der Waals surface area contributed by atoms with Gasteiger partial charge in [-0.05, 0) is 59.4 Å². The molecule has 0 spiro atoms. The lowest BCUT2D eigenvalue weighted by molar-refractivity contribution is -0.142. The van der Waals surface area contributed by atoms with Crippen LogP contribution in [0.1, 0.15) is 33.4 Å². The minimum Gasteiger partial charge on any atom is -0.324 e. The van der Waals surface area contributed by atoms with E-state index in [1.807, 2.05) is 74.5 Å². The van der Waals surface area contributed by atoms with Crippen LogP contribution in [0.5, 0.6) is 0 Å². The third-order valence-corrected chi connectivity index (χ3v) is 9.90. The quantitative estimate of drug-likeness (QED) is 0.322. The van der Waals surface area contributed by atoms with Crippen molar-refractivity contribution in [2.45, 2.75) is 23.6 Å². The Labute approximate surface area is 226 Å². The molecule has 3 amide bonds. The molecule has 0 saturated carbocycles. The van der Waals surface area contributed by atoms with Crippen LogP contribution < -0.4 is 5.32 Å². The Morgan fingerprint density at radius 3 is 1.75 bits per heavy atom. The number of hydrogen-bond acceptors (Lipinski definition) is 3. The number of nitrogens with zero attached hydrogens (tertiary/aromatic N) is 1. The number of amides is 3. The van der Waals surface area contributed by atoms with E-state index in [9.17, 15) is 14.4 Å². The average molecular weight is 584 g/mol. The van der Waals surface area contributed by atoms with E-state index in [4.69, 9.17) is 23.2 Å². The Morgan fingerprint density at radius 1 is 0.861 bits per heavy atom. The molecule has 4 aliphatic rings. The van der Waals surface area contributed by atoms with E-state index >= 15 is 0 Å². The standard InChI is InChI=1S/C28H21BrCl2N2O3/c1-14-12-21(15(2)11-20(14)29)32-22(34)13-33-25(35)23-24(26(33)36)28(31)17-8-4-3-7-16(17)27(23,30)18-9-5-6-10-19(18)28/h3-12,23-24H,13H2,1-2H3,(H,32,34)/t23-,24+,27?,28?. The molecule has 8 heteroatoms. The number of imide groups is 1. The monoisotopic (exact) mass is 582 g/mol. The first-order valence-electron chi connectivity index (χ1n) is 11.6. The fourth-order valence-electron chi connectivity index (χ4n) is 6.13. The van der Waals surface area contributed by atoms with E-state index in [2.05, 4.69) is 21.2 Å². The van der Waals surface area contributed by atoms with Crippen LogP contribution in [0.15, 0.2) is 65.1 Å². The number of aryl methyl sites for hydroxylation is 2. The third kappa shape index (κ3) is 2.92. The van der Waals surface area contributed by atoms with Gasteiger partial charge < -0.3 is 5.32 Å². The Balaban J connectivity index is 1.40. The summed E-state index contributed by atoms with van der Waals surface area (Å²) in [6.07, 6.45) is 0. The smallest absolute Gasteiger partial charge is 0.244 e. The van der Waals surface area contributed by atoms with Crippen molar-refractivity contribution in [3.8, 4) is 0 Å². The van der Waals surface area contributed by atoms with Gasteiger partial charge in [-0.3, -0.25) is 19.3 Å². The summed E-state index contributed by atoms with van der Waals surface area (Å²) in [5.74, 6) is -3.26. The number of hydrogen-bond donors (Lipinski definition) is 1. The molecule has 2 bridgehead atoms. The van der Waals surface area contributed by atoms with Crippen LogP contribution in [0.4, 0.5) is 5.69 Å². The highest BCUT2D eigenvalue weighted by Gasteiger charge is 2.73. The zero-order valence-corrected chi connectivity index (χ0v) is 22.5. The topological polar surface area (TPSA) is 66.5 Å². The van der Waals surface area contributed by atoms with E-state index in [0.29, 0.717) is 5.69 Å². The van der Waals surface area contributed by atoms with Crippen molar-refractivity contribution in [2.75, 3.05) is 11.9 Å². The van der Waals surface area contributed by atoms with Gasteiger partial charge in [0.25, 0.3) is 0 Å². The first kappa shape index (κ1) is 23.7. The second-order valence-electron chi connectivity index (χ2n) is 9.70. The molecule has 3 aromatic carbocycles. The molecule has 0 radical (unpaired) electrons. The van der Waals surface area contributed by atoms with Gasteiger partial charge in [-0.25, -0.2) is 0 Å². The van der Waals surface area contributed by atoms with E-state index in [1.165, 1.54) is 0 Å². The van der Waals surface area contributed by atoms with Gasteiger partial charge in [-0.1, -0.05) is 64.5 Å². The maximum atomic E-state index is 13.8. The summed E-state index contributed by atoms with van der Waals surface area (Å²) in [6.45, 7) is 3.38. The van der Waals surface area contributed by atoms with Gasteiger partial charge >= 0.3 is 0 Å². The lowest BCUT2D eigenvalue weighted by Crippen LogP contribution is -2.57. The van der Waals surface area contributed by atoms with Crippen LogP contribution in [-0.4, -0.2) is 29.2 Å². The predicted octanol–water partition coefficient (Wildman–Crippen LogP) is 5.60. The molecule has 2 atom stereocenters. The number of halogens is 3. The summed E-state index contributed by atoms with van der Waals surface area (Å²) in [7, 11) is 0. The van der Waals surface area contributed by atoms with Crippen LogP contribution in [0, 0.1) is 25.7 Å². The molecule has 0 aromatic heterocycles. The molecule has 1 saturated heterocycles. The molecule has 1 N–H and O–H groups in total. The summed E-state index contributed by atoms with van der Waals surface area (Å²) in [5.41, 5.74) is 5.36. The Morgan fingerprint density at radius 2 is 1.31 bits per heavy atom. The van der Waals surface area contributed by atoms with Crippen molar-refractivity contribution in [2.24, 2.45) is 11.8 Å². The Bertz CT molecular complexity index is 1380. The Kier molecular flexibility index (Phi) is 5.21. The number of benzene rings is 3. The normalized spacial score (nSPS) is 27.5. The van der Waals surface area contributed by atoms with Crippen molar-refractivity contribution < 1.29 is 14.4 Å². The van der Waals surface area contributed by atoms with Crippen molar-refractivity contribution in [3.05, 3.63) is 98.5 Å². The number of rotatable bonds is 3. The summed E-state index contributed by atoms with van der Waals surface area (Å²) in [4.78, 5) is 39.2. The maximum Gasteiger partial charge on any atom is 0.244 e. The lowest BCUT2D eigenvalue weighted by Gasteiger charge is -2.54. The highest BCUT2D eigenvalue weighted by molar-refractivity contribution is 9.10. The molecular weight excluding hydrogens is 563 g/mol. The summed E-state index contributed by atoms with van der Waals surface area (Å²) < 4.78 is 0.932. The zero-order valence-electron chi connectivity index (χ0n) is 19.4. The van der Waals surface area contributed by atoms with Crippen LogP contribution in [0.2, 0.25) is 0 Å². The SMILES string of the molecule is Cc1cc(NC(=O)CN2C(=O)[C@@H]3[C@H](C2=O)C2(Cl)c4ccccc4C3(Cl)c3ccccc32)c(C)cc1Br. The van der Waals surface area contributed by atoms with Crippen LogP contribution in [-0.2, 0) is 24.1 Å². The maximum absolute atomic E-state index is 13.8. The van der Waals surface area contributed by atoms with Crippen LogP contribution >= 0.6 is 39.1 Å². The van der Waals surface area contributed by atoms with Gasteiger partial charge in [0, 0.05) is 10.2 Å². The van der Waals surface area contributed by atoms with Crippen molar-refractivity contribution >= 4 is 62.5 Å². The van der Waals surface area contributed by atoms with Crippen LogP contribution in [0.3, 0.4) is 0 Å². The molecule has 1 fully saturated rings. The van der Waals surface area contributed by atoms with Crippen molar-refractivity contribution in [3.63, 3.8) is 0 Å². The highest BCUT2D eigenvalue weighted by Crippen LogP contribution is 2.69. The molecule has 3 aliphatic carbocycles. The summed E-state index contributed by atoms with van der Waals surface area (Å²) in [5, 5.41) is 2.85. The molecule has 1 heterocycles. The molecule has 36 heavy (non-hydrogen) atoms. The number of alkyl halides is 2. The second kappa shape index (κ2) is 7.91. The first-order valence-corrected chi connectivity index (χ1v) is 13.1. The minimum atomic E-state index is -1.26. The zero-order chi connectivity index (χ0) is 25.6. The largest absolute Gasteiger partial charge is 0.324 e. The van der Waals surface area contributed by atoms with Gasteiger partial charge in [0.1, 0.15) is 16.3 Å². The number of anilines is 1. The molecule has 3 aromatic rings. The molecular formula is C28H21BrCl2N2O3. The summed E-state index contributed by atoms with van der Waals surface area (Å²) >= 11 is 18.3. The fourth-order valence-corrected chi connectivity index (χ4v) is 7.69. The number of nitrogens with one attached hydrogen (secondary N) is 1. The molecule has 5 nitrogen and oxygen atoms in total. The minimum absolute atomic E-state index is 0.411. The number of likely N-dealkylation sites (tertiary alicyclic amines) is 1. The molecule has 0 unspecified atom stereocenters. The molecule has 1 aliphatic heterocycles. The average Bonchev–Trinajstić information content (AvgIpc) is 3.11. The van der Waals surface area contributed by atoms with Gasteiger partial charge in [0.2, 0.25) is 17.7 Å². The number of carbonyl (C=O) groups is 3. The highest BCUT2D eigenvalue weighted by atomic mass is 79.9. The van der Waals surface area contributed by atoms with Gasteiger partial charge in [-0.15, -0.1) is 23.2 Å². The molecule has 182 valence electrons. The van der Waals surface area contributed by atoms with Gasteiger partial charge in [0.15, 0.2) is 0 Å². The van der Waals surface area contributed by atoms with E-state index in [-0.39, 0.29) is 0 Å². The lowest BCUT2D eigenvalue weighted by atomic mass is 9.54. The fraction of sp³-hybridized carbons (Fsp3) is 0.250. The van der Waals surface area contributed by atoms with Gasteiger partial charge in [0.05, 0.1) is 11.8 Å².